The first-order valence-electron chi connectivity index (χ1n) is 7.56. The second-order valence-electron chi connectivity index (χ2n) is 5.22. The van der Waals surface area contributed by atoms with Crippen LogP contribution in [0.2, 0.25) is 0 Å². The fourth-order valence-electron chi connectivity index (χ4n) is 1.62. The first-order valence-corrected chi connectivity index (χ1v) is 7.56. The van der Waals surface area contributed by atoms with Crippen molar-refractivity contribution in [1.29, 1.82) is 0 Å². The van der Waals surface area contributed by atoms with E-state index in [1.807, 2.05) is 14.0 Å². The summed E-state index contributed by atoms with van der Waals surface area (Å²) in [6, 6.07) is 0. The van der Waals surface area contributed by atoms with E-state index in [9.17, 15) is 0 Å². The summed E-state index contributed by atoms with van der Waals surface area (Å²) in [4.78, 5) is 8.63. The third-order valence-electron chi connectivity index (χ3n) is 2.91. The molecule has 0 aliphatic rings. The molecule has 0 spiro atoms. The Hall–Kier alpha value is -1.63. The summed E-state index contributed by atoms with van der Waals surface area (Å²) in [5, 5.41) is 10.5. The zero-order valence-electron chi connectivity index (χ0n) is 13.6. The van der Waals surface area contributed by atoms with Crippen molar-refractivity contribution < 1.29 is 4.74 Å². The van der Waals surface area contributed by atoms with Crippen LogP contribution in [0.1, 0.15) is 33.0 Å². The van der Waals surface area contributed by atoms with E-state index in [-0.39, 0.29) is 0 Å². The van der Waals surface area contributed by atoms with Crippen molar-refractivity contribution in [2.24, 2.45) is 18.0 Å². The Morgan fingerprint density at radius 1 is 1.38 bits per heavy atom. The Morgan fingerprint density at radius 3 is 2.81 bits per heavy atom. The maximum atomic E-state index is 5.57. The molecule has 0 aliphatic carbocycles. The highest BCUT2D eigenvalue weighted by Crippen LogP contribution is 1.98. The molecule has 1 aromatic heterocycles. The number of nitrogens with one attached hydrogen (secondary N) is 2. The molecule has 1 rings (SSSR count). The largest absolute Gasteiger partial charge is 0.380 e. The first kappa shape index (κ1) is 17.4. The zero-order valence-corrected chi connectivity index (χ0v) is 13.6. The number of guanidine groups is 1. The third kappa shape index (κ3) is 7.65. The van der Waals surface area contributed by atoms with E-state index in [1.54, 1.807) is 4.68 Å². The first-order chi connectivity index (χ1) is 10.1. The Morgan fingerprint density at radius 2 is 2.19 bits per heavy atom. The molecule has 0 aliphatic heterocycles. The summed E-state index contributed by atoms with van der Waals surface area (Å²) in [5.74, 6) is 2.29. The highest BCUT2D eigenvalue weighted by Gasteiger charge is 2.01. The van der Waals surface area contributed by atoms with Crippen LogP contribution < -0.4 is 10.6 Å². The second-order valence-corrected chi connectivity index (χ2v) is 5.22. The van der Waals surface area contributed by atoms with Gasteiger partial charge in [0.15, 0.2) is 5.96 Å². The third-order valence-corrected chi connectivity index (χ3v) is 2.91. The van der Waals surface area contributed by atoms with Gasteiger partial charge in [-0.3, -0.25) is 4.68 Å². The second kappa shape index (κ2) is 10.1. The van der Waals surface area contributed by atoms with Crippen LogP contribution in [-0.2, 0) is 18.3 Å². The van der Waals surface area contributed by atoms with Crippen LogP contribution >= 0.6 is 0 Å². The lowest BCUT2D eigenvalue weighted by molar-refractivity contribution is 0.128. The van der Waals surface area contributed by atoms with Crippen molar-refractivity contribution >= 4 is 5.96 Å². The standard InChI is InChI=1S/C14H28N6O/c1-5-15-14(16-7-9-21-8-6-12(2)3)17-10-13-18-11-19-20(13)4/h11-12H,5-10H2,1-4H3,(H2,15,16,17). The van der Waals surface area contributed by atoms with Crippen molar-refractivity contribution in [2.75, 3.05) is 26.3 Å². The molecule has 0 saturated heterocycles. The summed E-state index contributed by atoms with van der Waals surface area (Å²) in [7, 11) is 1.86. The lowest BCUT2D eigenvalue weighted by atomic mass is 10.1. The van der Waals surface area contributed by atoms with Gasteiger partial charge in [-0.1, -0.05) is 13.8 Å². The number of nitrogens with zero attached hydrogens (tertiary/aromatic N) is 4. The topological polar surface area (TPSA) is 76.4 Å². The number of ether oxygens (including phenoxy) is 1. The Bertz CT molecular complexity index is 415. The molecule has 0 radical (unpaired) electrons. The fraction of sp³-hybridized carbons (Fsp3) is 0.786. The smallest absolute Gasteiger partial charge is 0.191 e. The number of aryl methyl sites for hydroxylation is 1. The summed E-state index contributed by atoms with van der Waals surface area (Å²) in [6.45, 7) is 9.99. The Labute approximate surface area is 127 Å². The summed E-state index contributed by atoms with van der Waals surface area (Å²) in [5.41, 5.74) is 0. The van der Waals surface area contributed by atoms with E-state index in [1.165, 1.54) is 6.33 Å². The van der Waals surface area contributed by atoms with Gasteiger partial charge in [-0.15, -0.1) is 0 Å². The van der Waals surface area contributed by atoms with Crippen LogP contribution in [0.4, 0.5) is 0 Å². The van der Waals surface area contributed by atoms with Gasteiger partial charge in [0.05, 0.1) is 6.61 Å². The molecule has 0 unspecified atom stereocenters. The fourth-order valence-corrected chi connectivity index (χ4v) is 1.62. The molecule has 0 aromatic carbocycles. The van der Waals surface area contributed by atoms with Crippen molar-refractivity contribution in [1.82, 2.24) is 25.4 Å². The molecule has 0 bridgehead atoms. The van der Waals surface area contributed by atoms with E-state index in [2.05, 4.69) is 39.6 Å². The number of hydrogen-bond donors (Lipinski definition) is 2. The summed E-state index contributed by atoms with van der Waals surface area (Å²) in [6.07, 6.45) is 2.63. The summed E-state index contributed by atoms with van der Waals surface area (Å²) < 4.78 is 7.30. The lowest BCUT2D eigenvalue weighted by Crippen LogP contribution is -2.39. The minimum atomic E-state index is 0.500. The van der Waals surface area contributed by atoms with E-state index < -0.39 is 0 Å². The number of rotatable bonds is 9. The van der Waals surface area contributed by atoms with Crippen LogP contribution in [0.25, 0.3) is 0 Å². The average molecular weight is 296 g/mol. The molecule has 0 saturated carbocycles. The SMILES string of the molecule is CCNC(=NCc1ncnn1C)NCCOCCC(C)C. The van der Waals surface area contributed by atoms with E-state index in [0.29, 0.717) is 19.1 Å². The molecule has 2 N–H and O–H groups in total. The van der Waals surface area contributed by atoms with E-state index >= 15 is 0 Å². The molecule has 1 heterocycles. The van der Waals surface area contributed by atoms with Crippen molar-refractivity contribution in [3.8, 4) is 0 Å². The average Bonchev–Trinajstić information content (AvgIpc) is 2.85. The molecule has 0 amide bonds. The Kier molecular flexibility index (Phi) is 8.42. The van der Waals surface area contributed by atoms with Crippen molar-refractivity contribution in [3.63, 3.8) is 0 Å². The maximum absolute atomic E-state index is 5.57. The van der Waals surface area contributed by atoms with Crippen LogP contribution in [-0.4, -0.2) is 47.0 Å². The molecular weight excluding hydrogens is 268 g/mol. The van der Waals surface area contributed by atoms with Gasteiger partial charge in [-0.2, -0.15) is 5.10 Å². The number of hydrogen-bond acceptors (Lipinski definition) is 4. The minimum absolute atomic E-state index is 0.500. The normalized spacial score (nSPS) is 12.0. The lowest BCUT2D eigenvalue weighted by Gasteiger charge is -2.11. The molecule has 0 fully saturated rings. The Balaban J connectivity index is 2.27. The molecule has 7 heteroatoms. The van der Waals surface area contributed by atoms with Crippen LogP contribution in [0.15, 0.2) is 11.3 Å². The predicted molar refractivity (Wildman–Crippen MR) is 84.1 cm³/mol. The summed E-state index contributed by atoms with van der Waals surface area (Å²) >= 11 is 0. The molecule has 21 heavy (non-hydrogen) atoms. The quantitative estimate of drug-likeness (QED) is 0.403. The van der Waals surface area contributed by atoms with Crippen LogP contribution in [0.5, 0.6) is 0 Å². The minimum Gasteiger partial charge on any atom is -0.380 e. The molecular formula is C14H28N6O. The van der Waals surface area contributed by atoms with Crippen molar-refractivity contribution in [2.45, 2.75) is 33.7 Å². The van der Waals surface area contributed by atoms with Crippen LogP contribution in [0.3, 0.4) is 0 Å². The van der Waals surface area contributed by atoms with E-state index in [0.717, 1.165) is 37.9 Å². The van der Waals surface area contributed by atoms with Gasteiger partial charge in [-0.05, 0) is 19.3 Å². The van der Waals surface area contributed by atoms with Gasteiger partial charge in [0.25, 0.3) is 0 Å². The highest BCUT2D eigenvalue weighted by molar-refractivity contribution is 5.79. The molecule has 120 valence electrons. The van der Waals surface area contributed by atoms with Crippen LogP contribution in [0, 0.1) is 5.92 Å². The van der Waals surface area contributed by atoms with Gasteiger partial charge in [0.1, 0.15) is 18.7 Å². The van der Waals surface area contributed by atoms with Gasteiger partial charge < -0.3 is 15.4 Å². The molecule has 7 nitrogen and oxygen atoms in total. The predicted octanol–water partition coefficient (Wildman–Crippen LogP) is 0.933. The molecule has 1 aromatic rings. The monoisotopic (exact) mass is 296 g/mol. The van der Waals surface area contributed by atoms with Gasteiger partial charge in [-0.25, -0.2) is 9.98 Å². The maximum Gasteiger partial charge on any atom is 0.191 e. The number of aromatic nitrogens is 3. The zero-order chi connectivity index (χ0) is 15.5. The van der Waals surface area contributed by atoms with Crippen molar-refractivity contribution in [3.05, 3.63) is 12.2 Å². The van der Waals surface area contributed by atoms with Gasteiger partial charge >= 0.3 is 0 Å². The van der Waals surface area contributed by atoms with Gasteiger partial charge in [0.2, 0.25) is 0 Å². The highest BCUT2D eigenvalue weighted by atomic mass is 16.5. The number of aliphatic imine (C=N–C) groups is 1. The molecule has 0 atom stereocenters. The van der Waals surface area contributed by atoms with Gasteiger partial charge in [0, 0.05) is 26.7 Å². The van der Waals surface area contributed by atoms with E-state index in [4.69, 9.17) is 4.74 Å².